The fourth-order valence-corrected chi connectivity index (χ4v) is 4.77. The zero-order valence-corrected chi connectivity index (χ0v) is 19.6. The van der Waals surface area contributed by atoms with E-state index in [0.717, 1.165) is 50.3 Å². The zero-order chi connectivity index (χ0) is 24.2. The number of amides is 3. The molecule has 0 bridgehead atoms. The van der Waals surface area contributed by atoms with Crippen molar-refractivity contribution >= 4 is 34.8 Å². The number of carbonyl (C=O) groups excluding carboxylic acids is 3. The van der Waals surface area contributed by atoms with Crippen LogP contribution in [0.4, 0.5) is 17.1 Å². The summed E-state index contributed by atoms with van der Waals surface area (Å²) in [6, 6.07) is 12.8. The third-order valence-corrected chi connectivity index (χ3v) is 6.79. The summed E-state index contributed by atoms with van der Waals surface area (Å²) in [6.07, 6.45) is 3.39. The highest BCUT2D eigenvalue weighted by Gasteiger charge is 2.26. The van der Waals surface area contributed by atoms with Gasteiger partial charge in [-0.05, 0) is 68.8 Å². The second-order valence-electron chi connectivity index (χ2n) is 9.17. The molecule has 0 aliphatic carbocycles. The number of ether oxygens (including phenoxy) is 2. The van der Waals surface area contributed by atoms with Gasteiger partial charge in [0, 0.05) is 55.0 Å². The molecule has 184 valence electrons. The van der Waals surface area contributed by atoms with E-state index in [4.69, 9.17) is 9.47 Å². The van der Waals surface area contributed by atoms with E-state index in [1.807, 2.05) is 30.3 Å². The third-order valence-electron chi connectivity index (χ3n) is 6.79. The maximum atomic E-state index is 12.7. The topological polar surface area (TPSA) is 100 Å². The Balaban J connectivity index is 1.02. The fourth-order valence-electron chi connectivity index (χ4n) is 4.77. The number of rotatable bonds is 7. The van der Waals surface area contributed by atoms with Crippen LogP contribution in [0.25, 0.3) is 0 Å². The van der Waals surface area contributed by atoms with Crippen LogP contribution in [0.2, 0.25) is 0 Å². The van der Waals surface area contributed by atoms with E-state index in [2.05, 4.69) is 15.5 Å². The molecular weight excluding hydrogens is 448 g/mol. The number of hydrogen-bond acceptors (Lipinski definition) is 6. The highest BCUT2D eigenvalue weighted by atomic mass is 16.7. The van der Waals surface area contributed by atoms with Crippen LogP contribution in [-0.4, -0.2) is 55.6 Å². The smallest absolute Gasteiger partial charge is 0.231 e. The Morgan fingerprint density at radius 2 is 1.66 bits per heavy atom. The van der Waals surface area contributed by atoms with Gasteiger partial charge in [-0.2, -0.15) is 0 Å². The van der Waals surface area contributed by atoms with E-state index in [1.165, 1.54) is 0 Å². The number of nitrogens with zero attached hydrogens (tertiary/aromatic N) is 2. The molecule has 2 aromatic carbocycles. The number of piperidine rings is 1. The highest BCUT2D eigenvalue weighted by molar-refractivity contribution is 5.96. The Morgan fingerprint density at radius 1 is 0.914 bits per heavy atom. The molecule has 9 nitrogen and oxygen atoms in total. The molecule has 0 saturated carbocycles. The Kier molecular flexibility index (Phi) is 6.85. The van der Waals surface area contributed by atoms with Gasteiger partial charge in [0.25, 0.3) is 0 Å². The average Bonchev–Trinajstić information content (AvgIpc) is 3.52. The molecule has 3 aliphatic rings. The normalized spacial score (nSPS) is 18.1. The van der Waals surface area contributed by atoms with Crippen molar-refractivity contribution in [3.63, 3.8) is 0 Å². The Bertz CT molecular complexity index is 1100. The van der Waals surface area contributed by atoms with E-state index in [1.54, 1.807) is 17.0 Å². The van der Waals surface area contributed by atoms with Crippen LogP contribution >= 0.6 is 0 Å². The van der Waals surface area contributed by atoms with Crippen molar-refractivity contribution in [3.05, 3.63) is 42.5 Å². The standard InChI is InChI=1S/C26H30N4O5/c31-24(27-19-3-6-21(7-4-19)30-12-1-2-25(30)32)11-15-29-13-9-18(10-14-29)26(33)28-20-5-8-22-23(16-20)35-17-34-22/h3-8,16,18H,1-2,9-15,17H2,(H,27,31)(H,28,33). The van der Waals surface area contributed by atoms with E-state index in [9.17, 15) is 14.4 Å². The molecule has 3 heterocycles. The lowest BCUT2D eigenvalue weighted by molar-refractivity contribution is -0.121. The molecule has 3 amide bonds. The van der Waals surface area contributed by atoms with Gasteiger partial charge < -0.3 is 29.9 Å². The van der Waals surface area contributed by atoms with Gasteiger partial charge in [0.15, 0.2) is 11.5 Å². The van der Waals surface area contributed by atoms with Crippen molar-refractivity contribution in [2.24, 2.45) is 5.92 Å². The first-order chi connectivity index (χ1) is 17.0. The molecule has 0 spiro atoms. The monoisotopic (exact) mass is 478 g/mol. The molecule has 2 aromatic rings. The lowest BCUT2D eigenvalue weighted by atomic mass is 9.95. The van der Waals surface area contributed by atoms with Gasteiger partial charge in [0.05, 0.1) is 0 Å². The van der Waals surface area contributed by atoms with Crippen molar-refractivity contribution in [2.45, 2.75) is 32.1 Å². The Morgan fingerprint density at radius 3 is 2.40 bits per heavy atom. The first-order valence-electron chi connectivity index (χ1n) is 12.2. The SMILES string of the molecule is O=C(CCN1CCC(C(=O)Nc2ccc3c(c2)OCO3)CC1)Nc1ccc(N2CCCC2=O)cc1. The maximum Gasteiger partial charge on any atom is 0.231 e. The van der Waals surface area contributed by atoms with Gasteiger partial charge in [-0.1, -0.05) is 0 Å². The number of fused-ring (bicyclic) bond motifs is 1. The van der Waals surface area contributed by atoms with Crippen LogP contribution in [0.15, 0.2) is 42.5 Å². The second kappa shape index (κ2) is 10.4. The van der Waals surface area contributed by atoms with Crippen LogP contribution in [-0.2, 0) is 14.4 Å². The lowest BCUT2D eigenvalue weighted by Crippen LogP contribution is -2.39. The van der Waals surface area contributed by atoms with Gasteiger partial charge in [0.1, 0.15) is 0 Å². The fraction of sp³-hybridized carbons (Fsp3) is 0.423. The molecule has 0 atom stereocenters. The van der Waals surface area contributed by atoms with Crippen molar-refractivity contribution in [1.82, 2.24) is 4.90 Å². The lowest BCUT2D eigenvalue weighted by Gasteiger charge is -2.31. The van der Waals surface area contributed by atoms with Crippen molar-refractivity contribution in [2.75, 3.05) is 48.5 Å². The third kappa shape index (κ3) is 5.57. The quantitative estimate of drug-likeness (QED) is 0.634. The summed E-state index contributed by atoms with van der Waals surface area (Å²) in [5.74, 6) is 1.41. The van der Waals surface area contributed by atoms with Gasteiger partial charge in [-0.25, -0.2) is 0 Å². The number of likely N-dealkylation sites (tertiary alicyclic amines) is 1. The molecule has 2 saturated heterocycles. The maximum absolute atomic E-state index is 12.7. The minimum atomic E-state index is -0.0495. The summed E-state index contributed by atoms with van der Waals surface area (Å²) >= 11 is 0. The number of hydrogen-bond donors (Lipinski definition) is 2. The van der Waals surface area contributed by atoms with Gasteiger partial charge in [0.2, 0.25) is 24.5 Å². The van der Waals surface area contributed by atoms with Crippen LogP contribution in [0.3, 0.4) is 0 Å². The molecule has 3 aliphatic heterocycles. The number of anilines is 3. The largest absolute Gasteiger partial charge is 0.454 e. The van der Waals surface area contributed by atoms with Gasteiger partial charge in [-0.15, -0.1) is 0 Å². The van der Waals surface area contributed by atoms with Crippen LogP contribution in [0.1, 0.15) is 32.1 Å². The molecule has 2 N–H and O–H groups in total. The van der Waals surface area contributed by atoms with Crippen molar-refractivity contribution in [3.8, 4) is 11.5 Å². The van der Waals surface area contributed by atoms with E-state index >= 15 is 0 Å². The summed E-state index contributed by atoms with van der Waals surface area (Å²) in [5.41, 5.74) is 2.30. The minimum Gasteiger partial charge on any atom is -0.454 e. The van der Waals surface area contributed by atoms with E-state index in [-0.39, 0.29) is 30.4 Å². The molecule has 35 heavy (non-hydrogen) atoms. The Labute approximate surface area is 204 Å². The predicted octanol–water partition coefficient (Wildman–Crippen LogP) is 3.22. The van der Waals surface area contributed by atoms with Gasteiger partial charge >= 0.3 is 0 Å². The summed E-state index contributed by atoms with van der Waals surface area (Å²) in [7, 11) is 0. The zero-order valence-electron chi connectivity index (χ0n) is 19.6. The number of carbonyl (C=O) groups is 3. The number of benzene rings is 2. The minimum absolute atomic E-state index is 0.0142. The molecule has 9 heteroatoms. The summed E-state index contributed by atoms with van der Waals surface area (Å²) in [6.45, 7) is 3.18. The summed E-state index contributed by atoms with van der Waals surface area (Å²) in [5, 5.41) is 5.91. The van der Waals surface area contributed by atoms with Crippen molar-refractivity contribution in [1.29, 1.82) is 0 Å². The van der Waals surface area contributed by atoms with Crippen molar-refractivity contribution < 1.29 is 23.9 Å². The molecule has 2 fully saturated rings. The molecule has 0 unspecified atom stereocenters. The molecule has 5 rings (SSSR count). The second-order valence-corrected chi connectivity index (χ2v) is 9.17. The molecule has 0 aromatic heterocycles. The van der Waals surface area contributed by atoms with Crippen LogP contribution < -0.4 is 25.0 Å². The summed E-state index contributed by atoms with van der Waals surface area (Å²) in [4.78, 5) is 41.0. The highest BCUT2D eigenvalue weighted by Crippen LogP contribution is 2.34. The van der Waals surface area contributed by atoms with Crippen LogP contribution in [0.5, 0.6) is 11.5 Å². The first kappa shape index (κ1) is 23.2. The molecular formula is C26H30N4O5. The molecule has 0 radical (unpaired) electrons. The predicted molar refractivity (Wildman–Crippen MR) is 132 cm³/mol. The Hall–Kier alpha value is -3.59. The number of nitrogens with one attached hydrogen (secondary N) is 2. The average molecular weight is 479 g/mol. The first-order valence-corrected chi connectivity index (χ1v) is 12.2. The van der Waals surface area contributed by atoms with E-state index < -0.39 is 0 Å². The van der Waals surface area contributed by atoms with E-state index in [0.29, 0.717) is 36.6 Å². The van der Waals surface area contributed by atoms with Crippen LogP contribution in [0, 0.1) is 5.92 Å². The summed E-state index contributed by atoms with van der Waals surface area (Å²) < 4.78 is 10.7. The van der Waals surface area contributed by atoms with Gasteiger partial charge in [-0.3, -0.25) is 14.4 Å².